The van der Waals surface area contributed by atoms with Gasteiger partial charge in [-0.05, 0) is 38.5 Å². The van der Waals surface area contributed by atoms with Gasteiger partial charge in [0.15, 0.2) is 0 Å². The predicted octanol–water partition coefficient (Wildman–Crippen LogP) is 9.15. The van der Waals surface area contributed by atoms with E-state index in [4.69, 9.17) is 9.05 Å². The van der Waals surface area contributed by atoms with Crippen LogP contribution in [0.5, 0.6) is 0 Å². The summed E-state index contributed by atoms with van der Waals surface area (Å²) in [4.78, 5) is 11.3. The Labute approximate surface area is 236 Å². The molecule has 0 unspecified atom stereocenters. The van der Waals surface area contributed by atoms with Crippen LogP contribution in [-0.2, 0) is 26.7 Å². The predicted molar refractivity (Wildman–Crippen MR) is 159 cm³/mol. The summed E-state index contributed by atoms with van der Waals surface area (Å²) >= 11 is 0. The zero-order valence-electron chi connectivity index (χ0n) is 25.7. The second-order valence-electron chi connectivity index (χ2n) is 10.7. The fourth-order valence-corrected chi connectivity index (χ4v) is 5.08. The van der Waals surface area contributed by atoms with E-state index in [2.05, 4.69) is 55.6 Å². The molecule has 6 nitrogen and oxygen atoms in total. The Morgan fingerprint density at radius 1 is 0.632 bits per heavy atom. The summed E-state index contributed by atoms with van der Waals surface area (Å²) in [6.45, 7) is 11.6. The Balaban J connectivity index is 0.000000739. The van der Waals surface area contributed by atoms with Crippen LogP contribution >= 0.6 is 7.82 Å². The van der Waals surface area contributed by atoms with Crippen molar-refractivity contribution in [1.82, 2.24) is 4.57 Å². The molecule has 0 bridgehead atoms. The van der Waals surface area contributed by atoms with Crippen LogP contribution in [0.3, 0.4) is 0 Å². The molecule has 0 aliphatic heterocycles. The molecule has 0 amide bonds. The maximum Gasteiger partial charge on any atom is 0.267 e. The van der Waals surface area contributed by atoms with E-state index < -0.39 is 7.82 Å². The minimum Gasteiger partial charge on any atom is -0.756 e. The molecule has 226 valence electrons. The van der Waals surface area contributed by atoms with Crippen molar-refractivity contribution >= 4 is 7.82 Å². The summed E-state index contributed by atoms with van der Waals surface area (Å²) in [5.41, 5.74) is 0. The Hall–Kier alpha value is -0.680. The fourth-order valence-electron chi connectivity index (χ4n) is 4.30. The standard InChI is InChI=1S/C19H37N2.C12H27O4P/c1-3-5-7-9-10-11-12-14-16-21-18-17-20(19-21)15-13-8-6-4-2;1-3-5-7-9-11-15-17(13,14)16-12-10-8-6-4-2/h17-19H,3-16H2,1-2H3;3-12H2,1-2H3,(H,13,14)/q+1;/p-1. The van der Waals surface area contributed by atoms with Gasteiger partial charge < -0.3 is 13.9 Å². The van der Waals surface area contributed by atoms with Gasteiger partial charge in [0.05, 0.1) is 26.3 Å². The van der Waals surface area contributed by atoms with Crippen LogP contribution in [0, 0.1) is 0 Å². The molecule has 0 aromatic carbocycles. The minimum atomic E-state index is -4.04. The lowest BCUT2D eigenvalue weighted by atomic mass is 10.1. The second kappa shape index (κ2) is 27.9. The van der Waals surface area contributed by atoms with E-state index in [9.17, 15) is 9.46 Å². The molecule has 7 heteroatoms. The van der Waals surface area contributed by atoms with E-state index in [1.807, 2.05) is 0 Å². The van der Waals surface area contributed by atoms with Gasteiger partial charge in [0, 0.05) is 0 Å². The average molecular weight is 559 g/mol. The Morgan fingerprint density at radius 3 is 1.55 bits per heavy atom. The van der Waals surface area contributed by atoms with Gasteiger partial charge in [-0.15, -0.1) is 0 Å². The summed E-state index contributed by atoms with van der Waals surface area (Å²) in [6, 6.07) is 0. The molecule has 38 heavy (non-hydrogen) atoms. The third-order valence-electron chi connectivity index (χ3n) is 6.78. The van der Waals surface area contributed by atoms with Gasteiger partial charge in [0.1, 0.15) is 12.4 Å². The number of hydrogen-bond donors (Lipinski definition) is 0. The molecule has 0 fully saturated rings. The van der Waals surface area contributed by atoms with Gasteiger partial charge in [-0.2, -0.15) is 0 Å². The normalized spacial score (nSPS) is 11.5. The summed E-state index contributed by atoms with van der Waals surface area (Å²) in [5.74, 6) is 0. The lowest BCUT2D eigenvalue weighted by Gasteiger charge is -2.22. The molecule has 0 saturated carbocycles. The quantitative estimate of drug-likeness (QED) is 0.0646. The smallest absolute Gasteiger partial charge is 0.267 e. The van der Waals surface area contributed by atoms with Crippen LogP contribution < -0.4 is 9.46 Å². The lowest BCUT2D eigenvalue weighted by Crippen LogP contribution is -2.30. The van der Waals surface area contributed by atoms with Crippen LogP contribution in [0.15, 0.2) is 18.7 Å². The van der Waals surface area contributed by atoms with Crippen molar-refractivity contribution in [2.24, 2.45) is 0 Å². The number of phosphoric acid groups is 1. The maximum absolute atomic E-state index is 11.3. The highest BCUT2D eigenvalue weighted by atomic mass is 31.2. The first-order chi connectivity index (χ1) is 18.5. The van der Waals surface area contributed by atoms with Crippen molar-refractivity contribution in [3.05, 3.63) is 18.7 Å². The van der Waals surface area contributed by atoms with E-state index in [0.29, 0.717) is 0 Å². The summed E-state index contributed by atoms with van der Waals surface area (Å²) < 4.78 is 25.5. The first kappa shape index (κ1) is 37.3. The molecule has 1 heterocycles. The molecule has 0 aliphatic rings. The molecule has 0 spiro atoms. The Morgan fingerprint density at radius 2 is 1.05 bits per heavy atom. The zero-order valence-corrected chi connectivity index (χ0v) is 26.6. The van der Waals surface area contributed by atoms with E-state index >= 15 is 0 Å². The molecule has 1 rings (SSSR count). The van der Waals surface area contributed by atoms with Gasteiger partial charge in [0.2, 0.25) is 6.33 Å². The highest BCUT2D eigenvalue weighted by molar-refractivity contribution is 7.45. The number of aromatic nitrogens is 2. The van der Waals surface area contributed by atoms with E-state index in [0.717, 1.165) is 51.4 Å². The number of imidazole rings is 1. The number of unbranched alkanes of at least 4 members (excludes halogenated alkanes) is 16. The van der Waals surface area contributed by atoms with Crippen molar-refractivity contribution in [2.75, 3.05) is 13.2 Å². The largest absolute Gasteiger partial charge is 0.756 e. The van der Waals surface area contributed by atoms with Crippen LogP contribution in [0.25, 0.3) is 0 Å². The van der Waals surface area contributed by atoms with Crippen molar-refractivity contribution in [1.29, 1.82) is 0 Å². The van der Waals surface area contributed by atoms with E-state index in [1.54, 1.807) is 0 Å². The SMILES string of the molecule is CCCCCCCCCC[n+]1ccn(CCCCCC)c1.CCCCCCOP(=O)([O-])OCCCCCC. The van der Waals surface area contributed by atoms with Gasteiger partial charge >= 0.3 is 0 Å². The average Bonchev–Trinajstić information content (AvgIpc) is 3.36. The van der Waals surface area contributed by atoms with Crippen LogP contribution in [0.4, 0.5) is 0 Å². The van der Waals surface area contributed by atoms with Gasteiger partial charge in [0.25, 0.3) is 7.82 Å². The monoisotopic (exact) mass is 558 g/mol. The highest BCUT2D eigenvalue weighted by Gasteiger charge is 2.08. The fraction of sp³-hybridized carbons (Fsp3) is 0.903. The van der Waals surface area contributed by atoms with Gasteiger partial charge in [-0.3, -0.25) is 4.57 Å². The summed E-state index contributed by atoms with van der Waals surface area (Å²) in [7, 11) is -4.04. The van der Waals surface area contributed by atoms with Gasteiger partial charge in [-0.25, -0.2) is 9.13 Å². The van der Waals surface area contributed by atoms with Crippen LogP contribution in [-0.4, -0.2) is 17.8 Å². The molecule has 0 radical (unpaired) electrons. The molecule has 0 saturated heterocycles. The number of rotatable bonds is 26. The topological polar surface area (TPSA) is 67.4 Å². The molecular formula is C31H63N2O4P. The zero-order chi connectivity index (χ0) is 28.2. The molecule has 0 N–H and O–H groups in total. The van der Waals surface area contributed by atoms with Crippen molar-refractivity contribution < 1.29 is 23.1 Å². The molecule has 1 aromatic rings. The van der Waals surface area contributed by atoms with Crippen LogP contribution in [0.1, 0.15) is 156 Å². The number of phosphoric ester groups is 1. The highest BCUT2D eigenvalue weighted by Crippen LogP contribution is 2.38. The molecule has 0 atom stereocenters. The number of aryl methyl sites for hydroxylation is 2. The lowest BCUT2D eigenvalue weighted by molar-refractivity contribution is -0.696. The van der Waals surface area contributed by atoms with Crippen molar-refractivity contribution in [3.63, 3.8) is 0 Å². The Bertz CT molecular complexity index is 636. The molecular weight excluding hydrogens is 495 g/mol. The van der Waals surface area contributed by atoms with E-state index in [-0.39, 0.29) is 13.2 Å². The van der Waals surface area contributed by atoms with Crippen molar-refractivity contribution in [3.8, 4) is 0 Å². The molecule has 1 aromatic heterocycles. The first-order valence-electron chi connectivity index (χ1n) is 16.1. The Kier molecular flexibility index (Phi) is 27.4. The third-order valence-corrected chi connectivity index (χ3v) is 7.78. The summed E-state index contributed by atoms with van der Waals surface area (Å²) in [5, 5.41) is 0. The number of nitrogens with zero attached hydrogens (tertiary/aromatic N) is 2. The third kappa shape index (κ3) is 25.6. The van der Waals surface area contributed by atoms with Crippen LogP contribution in [0.2, 0.25) is 0 Å². The second-order valence-corrected chi connectivity index (χ2v) is 12.1. The maximum atomic E-state index is 11.3. The first-order valence-corrected chi connectivity index (χ1v) is 17.6. The minimum absolute atomic E-state index is 0.246. The van der Waals surface area contributed by atoms with Gasteiger partial charge in [-0.1, -0.05) is 118 Å². The van der Waals surface area contributed by atoms with Crippen molar-refractivity contribution in [2.45, 2.75) is 169 Å². The number of hydrogen-bond acceptors (Lipinski definition) is 4. The summed E-state index contributed by atoms with van der Waals surface area (Å²) in [6.07, 6.45) is 31.4. The molecule has 0 aliphatic carbocycles. The van der Waals surface area contributed by atoms with E-state index in [1.165, 1.54) is 90.1 Å².